The first kappa shape index (κ1) is 23.1. The van der Waals surface area contributed by atoms with Crippen LogP contribution in [0.1, 0.15) is 25.0 Å². The summed E-state index contributed by atoms with van der Waals surface area (Å²) >= 11 is 0. The molecule has 0 saturated heterocycles. The Bertz CT molecular complexity index is 1290. The van der Waals surface area contributed by atoms with Gasteiger partial charge in [-0.25, -0.2) is 8.42 Å². The van der Waals surface area contributed by atoms with Gasteiger partial charge in [-0.05, 0) is 61.9 Å². The number of rotatable bonds is 9. The summed E-state index contributed by atoms with van der Waals surface area (Å²) in [4.78, 5) is 14.6. The molecule has 3 rings (SSSR count). The van der Waals surface area contributed by atoms with E-state index in [-0.39, 0.29) is 17.9 Å². The quantitative estimate of drug-likeness (QED) is 0.505. The van der Waals surface area contributed by atoms with Crippen molar-refractivity contribution in [1.82, 2.24) is 4.98 Å². The van der Waals surface area contributed by atoms with Gasteiger partial charge in [0, 0.05) is 35.7 Å². The lowest BCUT2D eigenvalue weighted by Gasteiger charge is -2.16. The Morgan fingerprint density at radius 1 is 1.06 bits per heavy atom. The van der Waals surface area contributed by atoms with E-state index in [9.17, 15) is 13.2 Å². The largest absolute Gasteiger partial charge is 0.457 e. The van der Waals surface area contributed by atoms with Gasteiger partial charge in [-0.1, -0.05) is 0 Å². The lowest BCUT2D eigenvalue weighted by atomic mass is 10.0. The van der Waals surface area contributed by atoms with Crippen molar-refractivity contribution in [2.75, 3.05) is 17.1 Å². The second-order valence-electron chi connectivity index (χ2n) is 6.83. The number of benzene rings is 2. The van der Waals surface area contributed by atoms with Crippen LogP contribution in [0.2, 0.25) is 0 Å². The Hall–Kier alpha value is -3.61. The van der Waals surface area contributed by atoms with E-state index >= 15 is 0 Å². The third kappa shape index (κ3) is 5.75. The Morgan fingerprint density at radius 3 is 2.47 bits per heavy atom. The van der Waals surface area contributed by atoms with Crippen LogP contribution in [-0.4, -0.2) is 25.8 Å². The summed E-state index contributed by atoms with van der Waals surface area (Å²) in [6, 6.07) is 15.0. The van der Waals surface area contributed by atoms with Crippen molar-refractivity contribution < 1.29 is 17.9 Å². The number of hydrogen-bond acceptors (Lipinski definition) is 6. The molecule has 0 bridgehead atoms. The first-order valence-corrected chi connectivity index (χ1v) is 11.6. The number of hydrogen-bond donors (Lipinski definition) is 2. The van der Waals surface area contributed by atoms with E-state index in [1.807, 2.05) is 6.92 Å². The number of aromatic nitrogens is 1. The van der Waals surface area contributed by atoms with Gasteiger partial charge in [0.15, 0.2) is 0 Å². The van der Waals surface area contributed by atoms with E-state index in [1.54, 1.807) is 55.6 Å². The highest BCUT2D eigenvalue weighted by molar-refractivity contribution is 7.92. The standard InChI is InChI=1S/C23H23N3O5S/c1-3-30-15-17-11-23(27)25-14-21(17)20-12-18(26-32(28,29)4-2)7-10-22(20)31-19-8-5-16(13-24)6-9-19/h5-12,14,26H,3-4,15H2,1-2H3,(H,25,27). The maximum atomic E-state index is 12.1. The molecule has 9 heteroatoms. The molecular weight excluding hydrogens is 430 g/mol. The fourth-order valence-corrected chi connectivity index (χ4v) is 3.60. The number of ether oxygens (including phenoxy) is 2. The van der Waals surface area contributed by atoms with Crippen molar-refractivity contribution in [3.8, 4) is 28.7 Å². The minimum Gasteiger partial charge on any atom is -0.457 e. The number of H-pyrrole nitrogens is 1. The average molecular weight is 454 g/mol. The van der Waals surface area contributed by atoms with E-state index < -0.39 is 10.0 Å². The molecule has 0 aliphatic rings. The predicted octanol–water partition coefficient (Wildman–Crippen LogP) is 4.00. The highest BCUT2D eigenvalue weighted by Crippen LogP contribution is 2.37. The van der Waals surface area contributed by atoms with Gasteiger partial charge < -0.3 is 14.5 Å². The lowest BCUT2D eigenvalue weighted by Crippen LogP contribution is -2.14. The maximum Gasteiger partial charge on any atom is 0.248 e. The summed E-state index contributed by atoms with van der Waals surface area (Å²) in [5.74, 6) is 0.877. The zero-order valence-corrected chi connectivity index (χ0v) is 18.5. The molecule has 2 aromatic carbocycles. The predicted molar refractivity (Wildman–Crippen MR) is 122 cm³/mol. The number of aromatic amines is 1. The number of nitriles is 1. The molecule has 1 aromatic heterocycles. The minimum absolute atomic E-state index is 0.0694. The second kappa shape index (κ2) is 10.1. The molecule has 0 atom stereocenters. The van der Waals surface area contributed by atoms with Gasteiger partial charge in [-0.3, -0.25) is 9.52 Å². The summed E-state index contributed by atoms with van der Waals surface area (Å²) in [6.07, 6.45) is 1.55. The van der Waals surface area contributed by atoms with E-state index in [2.05, 4.69) is 15.8 Å². The molecule has 8 nitrogen and oxygen atoms in total. The zero-order valence-electron chi connectivity index (χ0n) is 17.7. The first-order chi connectivity index (χ1) is 15.3. The molecule has 1 heterocycles. The summed E-state index contributed by atoms with van der Waals surface area (Å²) in [6.45, 7) is 4.08. The van der Waals surface area contributed by atoms with Crippen molar-refractivity contribution in [2.24, 2.45) is 0 Å². The first-order valence-electron chi connectivity index (χ1n) is 9.97. The van der Waals surface area contributed by atoms with Crippen LogP contribution in [0.15, 0.2) is 59.5 Å². The highest BCUT2D eigenvalue weighted by atomic mass is 32.2. The van der Waals surface area contributed by atoms with Crippen molar-refractivity contribution >= 4 is 15.7 Å². The lowest BCUT2D eigenvalue weighted by molar-refractivity contribution is 0.134. The number of pyridine rings is 1. The molecule has 0 radical (unpaired) electrons. The van der Waals surface area contributed by atoms with Crippen LogP contribution < -0.4 is 15.0 Å². The van der Waals surface area contributed by atoms with Crippen molar-refractivity contribution in [3.05, 3.63) is 76.2 Å². The highest BCUT2D eigenvalue weighted by Gasteiger charge is 2.16. The number of anilines is 1. The molecule has 166 valence electrons. The van der Waals surface area contributed by atoms with Crippen LogP contribution in [0.25, 0.3) is 11.1 Å². The van der Waals surface area contributed by atoms with E-state index in [1.165, 1.54) is 6.07 Å². The van der Waals surface area contributed by atoms with Gasteiger partial charge in [-0.2, -0.15) is 5.26 Å². The molecule has 3 aromatic rings. The molecule has 0 fully saturated rings. The molecule has 0 spiro atoms. The van der Waals surface area contributed by atoms with Gasteiger partial charge >= 0.3 is 0 Å². The molecule has 0 aliphatic carbocycles. The summed E-state index contributed by atoms with van der Waals surface area (Å²) in [7, 11) is -3.49. The monoisotopic (exact) mass is 453 g/mol. The van der Waals surface area contributed by atoms with Gasteiger partial charge in [-0.15, -0.1) is 0 Å². The third-order valence-electron chi connectivity index (χ3n) is 4.61. The van der Waals surface area contributed by atoms with Gasteiger partial charge in [0.1, 0.15) is 11.5 Å². The number of nitrogens with one attached hydrogen (secondary N) is 2. The van der Waals surface area contributed by atoms with Crippen molar-refractivity contribution in [1.29, 1.82) is 5.26 Å². The molecule has 0 aliphatic heterocycles. The topological polar surface area (TPSA) is 121 Å². The van der Waals surface area contributed by atoms with Crippen LogP contribution >= 0.6 is 0 Å². The van der Waals surface area contributed by atoms with Crippen molar-refractivity contribution in [2.45, 2.75) is 20.5 Å². The third-order valence-corrected chi connectivity index (χ3v) is 5.91. The van der Waals surface area contributed by atoms with Crippen molar-refractivity contribution in [3.63, 3.8) is 0 Å². The van der Waals surface area contributed by atoms with Crippen LogP contribution in [0.3, 0.4) is 0 Å². The molecule has 2 N–H and O–H groups in total. The van der Waals surface area contributed by atoms with Crippen LogP contribution in [-0.2, 0) is 21.4 Å². The average Bonchev–Trinajstić information content (AvgIpc) is 2.79. The summed E-state index contributed by atoms with van der Waals surface area (Å²) in [5.41, 5.74) is 2.43. The molecule has 0 amide bonds. The van der Waals surface area contributed by atoms with Gasteiger partial charge in [0.2, 0.25) is 15.6 Å². The van der Waals surface area contributed by atoms with Gasteiger partial charge in [0.25, 0.3) is 0 Å². The summed E-state index contributed by atoms with van der Waals surface area (Å²) in [5, 5.41) is 8.99. The Morgan fingerprint density at radius 2 is 1.81 bits per heavy atom. The molecule has 0 saturated carbocycles. The van der Waals surface area contributed by atoms with Gasteiger partial charge in [0.05, 0.1) is 24.0 Å². The molecule has 0 unspecified atom stereocenters. The number of nitrogens with zero attached hydrogens (tertiary/aromatic N) is 1. The Labute approximate surface area is 186 Å². The fraction of sp³-hybridized carbons (Fsp3) is 0.217. The molecule has 32 heavy (non-hydrogen) atoms. The van der Waals surface area contributed by atoms with E-state index in [0.717, 1.165) is 0 Å². The SMILES string of the molecule is CCOCc1cc(=O)[nH]cc1-c1cc(NS(=O)(=O)CC)ccc1Oc1ccc(C#N)cc1. The second-order valence-corrected chi connectivity index (χ2v) is 8.84. The Kier molecular flexibility index (Phi) is 7.30. The van der Waals surface area contributed by atoms with Crippen LogP contribution in [0, 0.1) is 11.3 Å². The Balaban J connectivity index is 2.11. The molecular formula is C23H23N3O5S. The minimum atomic E-state index is -3.49. The van der Waals surface area contributed by atoms with E-state index in [0.29, 0.717) is 46.0 Å². The van der Waals surface area contributed by atoms with Crippen LogP contribution in [0.4, 0.5) is 5.69 Å². The normalized spacial score (nSPS) is 11.0. The van der Waals surface area contributed by atoms with Crippen LogP contribution in [0.5, 0.6) is 11.5 Å². The summed E-state index contributed by atoms with van der Waals surface area (Å²) < 4.78 is 38.2. The smallest absolute Gasteiger partial charge is 0.248 e. The fourth-order valence-electron chi connectivity index (χ4n) is 2.96. The van der Waals surface area contributed by atoms with E-state index in [4.69, 9.17) is 14.7 Å². The maximum absolute atomic E-state index is 12.1. The zero-order chi connectivity index (χ0) is 23.1. The number of sulfonamides is 1.